The Balaban J connectivity index is 0.945. The van der Waals surface area contributed by atoms with E-state index >= 15 is 0 Å². The number of aryl methyl sites for hydroxylation is 1. The van der Waals surface area contributed by atoms with Crippen molar-refractivity contribution in [3.05, 3.63) is 151 Å². The van der Waals surface area contributed by atoms with Crippen LogP contribution in [0.1, 0.15) is 17.7 Å². The van der Waals surface area contributed by atoms with Gasteiger partial charge < -0.3 is 18.0 Å². The van der Waals surface area contributed by atoms with Gasteiger partial charge in [-0.1, -0.05) is 36.4 Å². The van der Waals surface area contributed by atoms with Crippen molar-refractivity contribution in [1.82, 2.24) is 19.1 Å². The number of allylic oxidation sites excluding steroid dienone is 1. The molecule has 0 saturated heterocycles. The second-order valence-corrected chi connectivity index (χ2v) is 13.7. The Labute approximate surface area is 296 Å². The van der Waals surface area contributed by atoms with E-state index in [1.165, 1.54) is 11.3 Å². The van der Waals surface area contributed by atoms with E-state index < -0.39 is 0 Å². The largest absolute Gasteiger partial charge is 0.456 e. The van der Waals surface area contributed by atoms with Crippen LogP contribution >= 0.6 is 0 Å². The van der Waals surface area contributed by atoms with Crippen LogP contribution in [0, 0.1) is 0 Å². The number of hydrogen-bond donors (Lipinski definition) is 0. The molecule has 5 aromatic carbocycles. The minimum atomic E-state index is 0.853. The van der Waals surface area contributed by atoms with E-state index in [0.717, 1.165) is 112 Å². The Morgan fingerprint density at radius 3 is 1.73 bits per heavy atom. The lowest BCUT2D eigenvalue weighted by atomic mass is 10.0. The molecule has 0 N–H and O–H groups in total. The molecule has 12 rings (SSSR count). The Kier molecular flexibility index (Phi) is 5.52. The third kappa shape index (κ3) is 3.83. The molecule has 6 aromatic heterocycles. The average Bonchev–Trinajstić information content (AvgIpc) is 3.94. The lowest BCUT2D eigenvalue weighted by Crippen LogP contribution is -2.00. The molecule has 1 aliphatic carbocycles. The molecule has 6 heteroatoms. The van der Waals surface area contributed by atoms with Crippen LogP contribution in [0.5, 0.6) is 0 Å². The first-order chi connectivity index (χ1) is 25.8. The van der Waals surface area contributed by atoms with E-state index in [9.17, 15) is 0 Å². The summed E-state index contributed by atoms with van der Waals surface area (Å²) in [7, 11) is 0. The first-order valence-corrected chi connectivity index (χ1v) is 17.7. The van der Waals surface area contributed by atoms with Crippen LogP contribution < -0.4 is 0 Å². The molecule has 0 unspecified atom stereocenters. The van der Waals surface area contributed by atoms with E-state index in [1.54, 1.807) is 0 Å². The van der Waals surface area contributed by atoms with Crippen LogP contribution in [-0.2, 0) is 6.42 Å². The molecule has 0 bridgehead atoms. The Bertz CT molecular complexity index is 3260. The maximum absolute atomic E-state index is 6.58. The number of fused-ring (bicyclic) bond motifs is 12. The number of nitrogens with zero attached hydrogens (tertiary/aromatic N) is 4. The minimum Gasteiger partial charge on any atom is -0.456 e. The van der Waals surface area contributed by atoms with Crippen LogP contribution in [0.25, 0.3) is 105 Å². The second-order valence-electron chi connectivity index (χ2n) is 13.7. The summed E-state index contributed by atoms with van der Waals surface area (Å²) in [6.07, 6.45) is 10.3. The van der Waals surface area contributed by atoms with Crippen LogP contribution in [0.3, 0.4) is 0 Å². The highest BCUT2D eigenvalue weighted by atomic mass is 16.3. The summed E-state index contributed by atoms with van der Waals surface area (Å²) in [6.45, 7) is 0. The zero-order valence-corrected chi connectivity index (χ0v) is 27.9. The highest BCUT2D eigenvalue weighted by molar-refractivity contribution is 6.10. The molecule has 0 radical (unpaired) electrons. The van der Waals surface area contributed by atoms with Gasteiger partial charge in [0, 0.05) is 68.4 Å². The average molecular weight is 669 g/mol. The Hall–Kier alpha value is -6.92. The Morgan fingerprint density at radius 1 is 0.481 bits per heavy atom. The number of furan rings is 2. The molecule has 6 nitrogen and oxygen atoms in total. The lowest BCUT2D eigenvalue weighted by molar-refractivity contribution is 0.667. The molecule has 244 valence electrons. The third-order valence-corrected chi connectivity index (χ3v) is 10.9. The molecule has 52 heavy (non-hydrogen) atoms. The van der Waals surface area contributed by atoms with Crippen molar-refractivity contribution in [2.24, 2.45) is 0 Å². The molecule has 0 amide bonds. The monoisotopic (exact) mass is 668 g/mol. The summed E-state index contributed by atoms with van der Waals surface area (Å²) in [5.74, 6) is 0. The summed E-state index contributed by atoms with van der Waals surface area (Å²) in [6, 6.07) is 42.7. The van der Waals surface area contributed by atoms with E-state index in [2.05, 4.69) is 130 Å². The summed E-state index contributed by atoms with van der Waals surface area (Å²) < 4.78 is 17.7. The van der Waals surface area contributed by atoms with Crippen molar-refractivity contribution in [3.63, 3.8) is 0 Å². The molecular formula is C46H28N4O2. The van der Waals surface area contributed by atoms with Gasteiger partial charge in [-0.15, -0.1) is 0 Å². The number of hydrogen-bond acceptors (Lipinski definition) is 4. The SMILES string of the molecule is C1=Cc2c(c3ncccc3n2-c2ccc3c(c2)oc2cc(-c4ccc5c(c4)oc4cc(-n6c7ccccc7c7ncccc76)ccc45)ccc23)CC1. The van der Waals surface area contributed by atoms with E-state index in [-0.39, 0.29) is 0 Å². The van der Waals surface area contributed by atoms with Gasteiger partial charge in [-0.05, 0) is 109 Å². The van der Waals surface area contributed by atoms with Gasteiger partial charge in [0.1, 0.15) is 22.3 Å². The van der Waals surface area contributed by atoms with Crippen LogP contribution in [0.15, 0.2) is 149 Å². The molecule has 0 spiro atoms. The summed E-state index contributed by atoms with van der Waals surface area (Å²) in [5, 5.41) is 5.53. The van der Waals surface area contributed by atoms with Crippen molar-refractivity contribution in [1.29, 1.82) is 0 Å². The zero-order chi connectivity index (χ0) is 33.9. The van der Waals surface area contributed by atoms with Gasteiger partial charge >= 0.3 is 0 Å². The fourth-order valence-electron chi connectivity index (χ4n) is 8.55. The van der Waals surface area contributed by atoms with Gasteiger partial charge in [0.15, 0.2) is 0 Å². The molecular weight excluding hydrogens is 641 g/mol. The number of benzene rings is 5. The molecule has 6 heterocycles. The van der Waals surface area contributed by atoms with Crippen molar-refractivity contribution >= 4 is 82.9 Å². The predicted molar refractivity (Wildman–Crippen MR) is 211 cm³/mol. The number of pyridine rings is 2. The molecule has 11 aromatic rings. The van der Waals surface area contributed by atoms with Crippen molar-refractivity contribution in [3.8, 4) is 22.5 Å². The Morgan fingerprint density at radius 2 is 1.04 bits per heavy atom. The van der Waals surface area contributed by atoms with Crippen LogP contribution in [-0.4, -0.2) is 19.1 Å². The number of aromatic nitrogens is 4. The molecule has 1 aliphatic rings. The molecule has 0 saturated carbocycles. The van der Waals surface area contributed by atoms with Crippen LogP contribution in [0.4, 0.5) is 0 Å². The fourth-order valence-corrected chi connectivity index (χ4v) is 8.55. The highest BCUT2D eigenvalue weighted by Crippen LogP contribution is 2.39. The van der Waals surface area contributed by atoms with Crippen LogP contribution in [0.2, 0.25) is 0 Å². The third-order valence-electron chi connectivity index (χ3n) is 10.9. The zero-order valence-electron chi connectivity index (χ0n) is 27.9. The maximum Gasteiger partial charge on any atom is 0.137 e. The summed E-state index contributed by atoms with van der Waals surface area (Å²) >= 11 is 0. The molecule has 0 aliphatic heterocycles. The first-order valence-electron chi connectivity index (χ1n) is 17.7. The molecule has 0 atom stereocenters. The van der Waals surface area contributed by atoms with E-state index in [1.807, 2.05) is 24.5 Å². The predicted octanol–water partition coefficient (Wildman–Crippen LogP) is 11.9. The highest BCUT2D eigenvalue weighted by Gasteiger charge is 2.21. The maximum atomic E-state index is 6.58. The quantitative estimate of drug-likeness (QED) is 0.188. The van der Waals surface area contributed by atoms with Crippen molar-refractivity contribution in [2.75, 3.05) is 0 Å². The van der Waals surface area contributed by atoms with Gasteiger partial charge in [-0.2, -0.15) is 0 Å². The summed E-state index contributed by atoms with van der Waals surface area (Å²) in [4.78, 5) is 9.46. The number of rotatable bonds is 3. The van der Waals surface area contributed by atoms with Crippen molar-refractivity contribution in [2.45, 2.75) is 12.8 Å². The second kappa shape index (κ2) is 10.3. The van der Waals surface area contributed by atoms with E-state index in [0.29, 0.717) is 0 Å². The minimum absolute atomic E-state index is 0.853. The van der Waals surface area contributed by atoms with Gasteiger partial charge in [0.25, 0.3) is 0 Å². The lowest BCUT2D eigenvalue weighted by Gasteiger charge is -2.11. The van der Waals surface area contributed by atoms with Crippen molar-refractivity contribution < 1.29 is 8.83 Å². The van der Waals surface area contributed by atoms with E-state index in [4.69, 9.17) is 18.8 Å². The van der Waals surface area contributed by atoms with Gasteiger partial charge in [-0.25, -0.2) is 0 Å². The fraction of sp³-hybridized carbons (Fsp3) is 0.0435. The van der Waals surface area contributed by atoms with Gasteiger partial charge in [-0.3, -0.25) is 9.97 Å². The van der Waals surface area contributed by atoms with Gasteiger partial charge in [0.2, 0.25) is 0 Å². The standard InChI is InChI=1S/C46H28N4O2/c1-3-9-37-35(7-1)45-39(11-5-21-47-45)49(37)29-15-19-33-31-17-13-27(23-41(31)51-43(33)25-29)28-14-18-32-34-20-16-30(26-44(34)52-42(32)24-28)50-38-10-4-2-8-36(38)46-40(50)12-6-22-48-46/h1,3-7,9-26H,2,8H2. The normalized spacial score (nSPS) is 13.2. The van der Waals surface area contributed by atoms with Gasteiger partial charge in [0.05, 0.1) is 33.3 Å². The molecule has 0 fully saturated rings. The number of para-hydroxylation sites is 1. The first kappa shape index (κ1) is 27.9. The topological polar surface area (TPSA) is 61.9 Å². The smallest absolute Gasteiger partial charge is 0.137 e. The summed E-state index contributed by atoms with van der Waals surface area (Å²) in [5.41, 5.74) is 15.6.